The fourth-order valence-corrected chi connectivity index (χ4v) is 4.16. The largest absolute Gasteiger partial charge is 0.282 e. The highest BCUT2D eigenvalue weighted by Gasteiger charge is 2.24. The van der Waals surface area contributed by atoms with Crippen LogP contribution in [0, 0.1) is 10.1 Å². The van der Waals surface area contributed by atoms with Crippen molar-refractivity contribution in [3.05, 3.63) is 34.4 Å². The van der Waals surface area contributed by atoms with Gasteiger partial charge in [0.25, 0.3) is 5.69 Å². The summed E-state index contributed by atoms with van der Waals surface area (Å²) in [7, 11) is 0. The molecule has 0 bridgehead atoms. The Morgan fingerprint density at radius 3 is 2.58 bits per heavy atom. The van der Waals surface area contributed by atoms with E-state index in [-0.39, 0.29) is 21.2 Å². The molecule has 104 valence electrons. The normalized spacial score (nSPS) is 24.5. The molecule has 0 N–H and O–H groups in total. The Kier molecular flexibility index (Phi) is 5.52. The van der Waals surface area contributed by atoms with E-state index in [0.717, 1.165) is 17.7 Å². The lowest BCUT2D eigenvalue weighted by molar-refractivity contribution is -0.387. The number of halogens is 1. The van der Waals surface area contributed by atoms with Crippen LogP contribution in [0.15, 0.2) is 29.2 Å². The Morgan fingerprint density at radius 2 is 1.84 bits per heavy atom. The van der Waals surface area contributed by atoms with Gasteiger partial charge in [-0.05, 0) is 18.9 Å². The highest BCUT2D eigenvalue weighted by Crippen LogP contribution is 2.38. The van der Waals surface area contributed by atoms with Gasteiger partial charge in [-0.2, -0.15) is 0 Å². The van der Waals surface area contributed by atoms with Gasteiger partial charge in [0.2, 0.25) is 0 Å². The zero-order valence-electron chi connectivity index (χ0n) is 10.8. The van der Waals surface area contributed by atoms with E-state index >= 15 is 0 Å². The van der Waals surface area contributed by atoms with E-state index in [4.69, 9.17) is 11.6 Å². The summed E-state index contributed by atoms with van der Waals surface area (Å²) < 4.78 is 0. The zero-order valence-corrected chi connectivity index (χ0v) is 12.3. The molecule has 0 spiro atoms. The molecule has 1 aromatic rings. The molecule has 1 fully saturated rings. The zero-order chi connectivity index (χ0) is 13.7. The van der Waals surface area contributed by atoms with Crippen molar-refractivity contribution in [3.8, 4) is 0 Å². The second-order valence-electron chi connectivity index (χ2n) is 4.89. The molecule has 3 nitrogen and oxygen atoms in total. The molecule has 2 rings (SSSR count). The van der Waals surface area contributed by atoms with E-state index in [1.54, 1.807) is 23.9 Å². The Bertz CT molecular complexity index is 441. The van der Waals surface area contributed by atoms with E-state index in [2.05, 4.69) is 0 Å². The van der Waals surface area contributed by atoms with Gasteiger partial charge in [-0.3, -0.25) is 10.1 Å². The van der Waals surface area contributed by atoms with Crippen molar-refractivity contribution in [1.82, 2.24) is 0 Å². The van der Waals surface area contributed by atoms with Gasteiger partial charge in [0.05, 0.1) is 9.82 Å². The summed E-state index contributed by atoms with van der Waals surface area (Å²) in [6, 6.07) is 6.94. The Hall–Kier alpha value is -0.740. The number of alkyl halides is 1. The fraction of sp³-hybridized carbons (Fsp3) is 0.571. The number of benzene rings is 1. The maximum atomic E-state index is 11.0. The number of hydrogen-bond donors (Lipinski definition) is 0. The molecular weight excluding hydrogens is 282 g/mol. The quantitative estimate of drug-likeness (QED) is 0.447. The molecule has 19 heavy (non-hydrogen) atoms. The molecule has 0 aliphatic heterocycles. The maximum Gasteiger partial charge on any atom is 0.282 e. The summed E-state index contributed by atoms with van der Waals surface area (Å²) in [5.41, 5.74) is 0.193. The Morgan fingerprint density at radius 1 is 1.16 bits per heavy atom. The van der Waals surface area contributed by atoms with Crippen LogP contribution in [0.4, 0.5) is 5.69 Å². The van der Waals surface area contributed by atoms with Crippen LogP contribution >= 0.6 is 23.4 Å². The average Bonchev–Trinajstić information content (AvgIpc) is 2.39. The number of thioether (sulfide) groups is 1. The smallest absolute Gasteiger partial charge is 0.258 e. The average molecular weight is 300 g/mol. The number of rotatable bonds is 3. The molecule has 1 aliphatic rings. The first-order valence-corrected chi connectivity index (χ1v) is 8.04. The van der Waals surface area contributed by atoms with Crippen LogP contribution in [0.5, 0.6) is 0 Å². The first-order chi connectivity index (χ1) is 9.18. The fourth-order valence-electron chi connectivity index (χ4n) is 2.41. The molecule has 1 aliphatic carbocycles. The van der Waals surface area contributed by atoms with Gasteiger partial charge >= 0.3 is 0 Å². The third-order valence-electron chi connectivity index (χ3n) is 3.46. The highest BCUT2D eigenvalue weighted by atomic mass is 35.5. The van der Waals surface area contributed by atoms with E-state index in [9.17, 15) is 10.1 Å². The first kappa shape index (κ1) is 14.7. The van der Waals surface area contributed by atoms with Crippen LogP contribution < -0.4 is 0 Å². The van der Waals surface area contributed by atoms with E-state index in [1.165, 1.54) is 25.7 Å². The van der Waals surface area contributed by atoms with Crippen molar-refractivity contribution in [2.24, 2.45) is 0 Å². The van der Waals surface area contributed by atoms with Gasteiger partial charge in [-0.15, -0.1) is 23.4 Å². The summed E-state index contributed by atoms with van der Waals surface area (Å²) >= 11 is 8.03. The van der Waals surface area contributed by atoms with Crippen molar-refractivity contribution in [2.75, 3.05) is 0 Å². The molecule has 0 amide bonds. The molecule has 0 radical (unpaired) electrons. The third kappa shape index (κ3) is 4.11. The van der Waals surface area contributed by atoms with E-state index < -0.39 is 0 Å². The molecule has 1 aromatic carbocycles. The molecule has 1 saturated carbocycles. The van der Waals surface area contributed by atoms with Crippen LogP contribution in [-0.2, 0) is 0 Å². The summed E-state index contributed by atoms with van der Waals surface area (Å²) in [6.07, 6.45) is 6.90. The molecule has 0 saturated heterocycles. The Balaban J connectivity index is 2.12. The topological polar surface area (TPSA) is 43.1 Å². The van der Waals surface area contributed by atoms with E-state index in [0.29, 0.717) is 0 Å². The van der Waals surface area contributed by atoms with Gasteiger partial charge in [-0.25, -0.2) is 0 Å². The van der Waals surface area contributed by atoms with Crippen molar-refractivity contribution < 1.29 is 4.92 Å². The van der Waals surface area contributed by atoms with Crippen molar-refractivity contribution in [1.29, 1.82) is 0 Å². The van der Waals surface area contributed by atoms with Crippen LogP contribution in [0.2, 0.25) is 0 Å². The molecule has 0 heterocycles. The molecule has 0 aromatic heterocycles. The lowest BCUT2D eigenvalue weighted by Gasteiger charge is -2.24. The van der Waals surface area contributed by atoms with E-state index in [1.807, 2.05) is 12.1 Å². The van der Waals surface area contributed by atoms with Crippen LogP contribution in [0.3, 0.4) is 0 Å². The minimum absolute atomic E-state index is 0.116. The summed E-state index contributed by atoms with van der Waals surface area (Å²) in [4.78, 5) is 11.5. The summed E-state index contributed by atoms with van der Waals surface area (Å²) in [5, 5.41) is 11.4. The lowest BCUT2D eigenvalue weighted by Crippen LogP contribution is -2.19. The predicted molar refractivity (Wildman–Crippen MR) is 80.1 cm³/mol. The maximum absolute atomic E-state index is 11.0. The van der Waals surface area contributed by atoms with Crippen LogP contribution in [-0.4, -0.2) is 15.6 Å². The minimum Gasteiger partial charge on any atom is -0.258 e. The standard InChI is InChI=1S/C14H18ClNO2S/c15-11-7-3-1-2-4-9-13(11)19-14-10-6-5-8-12(14)16(17)18/h5-6,8,10-11,13H,1-4,7,9H2/t11-,13+/m1/s1. The molecule has 5 heteroatoms. The van der Waals surface area contributed by atoms with Gasteiger partial charge in [0, 0.05) is 16.7 Å². The molecule has 2 atom stereocenters. The number of nitro groups is 1. The number of hydrogen-bond acceptors (Lipinski definition) is 3. The number of para-hydroxylation sites is 1. The van der Waals surface area contributed by atoms with Crippen molar-refractivity contribution >= 4 is 29.1 Å². The second-order valence-corrected chi connectivity index (χ2v) is 6.73. The third-order valence-corrected chi connectivity index (χ3v) is 5.60. The Labute approximate surface area is 122 Å². The predicted octanol–water partition coefficient (Wildman–Crippen LogP) is 5.02. The van der Waals surface area contributed by atoms with Gasteiger partial charge in [0.1, 0.15) is 0 Å². The summed E-state index contributed by atoms with van der Waals surface area (Å²) in [6.45, 7) is 0. The highest BCUT2D eigenvalue weighted by molar-refractivity contribution is 8.00. The van der Waals surface area contributed by atoms with Gasteiger partial charge < -0.3 is 0 Å². The minimum atomic E-state index is -0.311. The summed E-state index contributed by atoms with van der Waals surface area (Å²) in [5.74, 6) is 0. The van der Waals surface area contributed by atoms with Gasteiger partial charge in [0.15, 0.2) is 0 Å². The van der Waals surface area contributed by atoms with Crippen LogP contribution in [0.1, 0.15) is 38.5 Å². The lowest BCUT2D eigenvalue weighted by atomic mass is 10.0. The molecule has 0 unspecified atom stereocenters. The van der Waals surface area contributed by atoms with Crippen molar-refractivity contribution in [3.63, 3.8) is 0 Å². The van der Waals surface area contributed by atoms with Crippen LogP contribution in [0.25, 0.3) is 0 Å². The monoisotopic (exact) mass is 299 g/mol. The second kappa shape index (κ2) is 7.15. The van der Waals surface area contributed by atoms with Gasteiger partial charge in [-0.1, -0.05) is 37.8 Å². The number of nitrogens with zero attached hydrogens (tertiary/aromatic N) is 1. The SMILES string of the molecule is O=[N+]([O-])c1ccccc1S[C@H]1CCCCCC[C@H]1Cl. The first-order valence-electron chi connectivity index (χ1n) is 6.72. The molecular formula is C14H18ClNO2S. The van der Waals surface area contributed by atoms with Crippen molar-refractivity contribution in [2.45, 2.75) is 54.0 Å². The number of nitro benzene ring substituents is 1.